The molecule has 2 aromatic carbocycles. The molecule has 2 atom stereocenters. The predicted molar refractivity (Wildman–Crippen MR) is 130 cm³/mol. The molecule has 2 saturated carbocycles. The Hall–Kier alpha value is -1.10. The first-order valence-corrected chi connectivity index (χ1v) is 15.1. The van der Waals surface area contributed by atoms with Crippen LogP contribution in [-0.4, -0.2) is 24.0 Å². The SMILES string of the molecule is c1cc2c(c(-c3cccc4c3[P@@](C3CCCCC3)CO4)c1)[P@@](C1CCCCC1)CO2. The van der Waals surface area contributed by atoms with Gasteiger partial charge in [-0.2, -0.15) is 0 Å². The smallest absolute Gasteiger partial charge is 0.128 e. The van der Waals surface area contributed by atoms with Crippen LogP contribution in [0.4, 0.5) is 0 Å². The third-order valence-corrected chi connectivity index (χ3v) is 13.3. The molecule has 0 spiro atoms. The summed E-state index contributed by atoms with van der Waals surface area (Å²) in [6.45, 7) is 0. The molecule has 30 heavy (non-hydrogen) atoms. The highest BCUT2D eigenvalue weighted by Crippen LogP contribution is 2.57. The van der Waals surface area contributed by atoms with Gasteiger partial charge in [-0.1, -0.05) is 62.8 Å². The number of rotatable bonds is 3. The summed E-state index contributed by atoms with van der Waals surface area (Å²) >= 11 is 0. The molecule has 2 nitrogen and oxygen atoms in total. The van der Waals surface area contributed by atoms with E-state index in [9.17, 15) is 0 Å². The maximum Gasteiger partial charge on any atom is 0.128 e. The zero-order valence-electron chi connectivity index (χ0n) is 17.8. The second-order valence-electron chi connectivity index (χ2n) is 9.37. The van der Waals surface area contributed by atoms with Gasteiger partial charge in [-0.3, -0.25) is 0 Å². The van der Waals surface area contributed by atoms with Gasteiger partial charge in [0.15, 0.2) is 0 Å². The van der Waals surface area contributed by atoms with Crippen LogP contribution in [0.25, 0.3) is 11.1 Å². The van der Waals surface area contributed by atoms with Crippen LogP contribution in [0.1, 0.15) is 64.2 Å². The van der Waals surface area contributed by atoms with Crippen LogP contribution in [0.5, 0.6) is 11.5 Å². The van der Waals surface area contributed by atoms with Gasteiger partial charge in [-0.25, -0.2) is 0 Å². The molecule has 0 aromatic heterocycles. The molecule has 0 radical (unpaired) electrons. The Labute approximate surface area is 183 Å². The molecule has 0 unspecified atom stereocenters. The average molecular weight is 438 g/mol. The molecule has 6 rings (SSSR count). The van der Waals surface area contributed by atoms with Crippen LogP contribution >= 0.6 is 15.8 Å². The number of benzene rings is 2. The molecule has 2 fully saturated rings. The van der Waals surface area contributed by atoms with E-state index in [0.717, 1.165) is 24.0 Å². The first kappa shape index (κ1) is 19.6. The van der Waals surface area contributed by atoms with Crippen molar-refractivity contribution in [2.45, 2.75) is 75.5 Å². The predicted octanol–water partition coefficient (Wildman–Crippen LogP) is 6.93. The van der Waals surface area contributed by atoms with Gasteiger partial charge in [0.1, 0.15) is 24.2 Å². The van der Waals surface area contributed by atoms with Gasteiger partial charge in [0.25, 0.3) is 0 Å². The summed E-state index contributed by atoms with van der Waals surface area (Å²) in [6.07, 6.45) is 15.9. The third kappa shape index (κ3) is 3.40. The Morgan fingerprint density at radius 2 is 1.00 bits per heavy atom. The molecule has 4 heteroatoms. The lowest BCUT2D eigenvalue weighted by molar-refractivity contribution is 0.398. The average Bonchev–Trinajstić information content (AvgIpc) is 3.45. The lowest BCUT2D eigenvalue weighted by Gasteiger charge is -2.29. The lowest BCUT2D eigenvalue weighted by Crippen LogP contribution is -2.20. The van der Waals surface area contributed by atoms with E-state index in [1.165, 1.54) is 86.8 Å². The lowest BCUT2D eigenvalue weighted by atomic mass is 10.0. The normalized spacial score (nSPS) is 26.7. The van der Waals surface area contributed by atoms with Crippen molar-refractivity contribution in [1.29, 1.82) is 0 Å². The monoisotopic (exact) mass is 438 g/mol. The highest BCUT2D eigenvalue weighted by atomic mass is 31.1. The fraction of sp³-hybridized carbons (Fsp3) is 0.538. The van der Waals surface area contributed by atoms with Crippen molar-refractivity contribution in [2.24, 2.45) is 0 Å². The Balaban J connectivity index is 1.43. The molecular formula is C26H32O2P2. The summed E-state index contributed by atoms with van der Waals surface area (Å²) in [7, 11) is -0.429. The highest BCUT2D eigenvalue weighted by Gasteiger charge is 2.38. The summed E-state index contributed by atoms with van der Waals surface area (Å²) < 4.78 is 12.6. The minimum Gasteiger partial charge on any atom is -0.488 e. The molecule has 0 bridgehead atoms. The van der Waals surface area contributed by atoms with Crippen LogP contribution in [0.3, 0.4) is 0 Å². The first-order valence-electron chi connectivity index (χ1n) is 12.0. The summed E-state index contributed by atoms with van der Waals surface area (Å²) in [4.78, 5) is 0. The van der Waals surface area contributed by atoms with Gasteiger partial charge in [-0.15, -0.1) is 0 Å². The van der Waals surface area contributed by atoms with Crippen LogP contribution in [-0.2, 0) is 0 Å². The van der Waals surface area contributed by atoms with Crippen LogP contribution in [0, 0.1) is 0 Å². The van der Waals surface area contributed by atoms with Gasteiger partial charge in [0.2, 0.25) is 0 Å². The van der Waals surface area contributed by atoms with E-state index in [4.69, 9.17) is 9.47 Å². The zero-order valence-corrected chi connectivity index (χ0v) is 19.6. The summed E-state index contributed by atoms with van der Waals surface area (Å²) in [5.41, 5.74) is 4.63. The molecule has 2 heterocycles. The van der Waals surface area contributed by atoms with Crippen LogP contribution in [0.2, 0.25) is 0 Å². The molecule has 2 aliphatic heterocycles. The molecule has 0 N–H and O–H groups in total. The van der Waals surface area contributed by atoms with Crippen molar-refractivity contribution in [3.8, 4) is 22.6 Å². The molecule has 2 aliphatic carbocycles. The van der Waals surface area contributed by atoms with Gasteiger partial charge >= 0.3 is 0 Å². The highest BCUT2D eigenvalue weighted by molar-refractivity contribution is 7.67. The topological polar surface area (TPSA) is 18.5 Å². The minimum absolute atomic E-state index is 0.215. The first-order chi connectivity index (χ1) is 14.9. The fourth-order valence-corrected chi connectivity index (χ4v) is 11.9. The van der Waals surface area contributed by atoms with Crippen molar-refractivity contribution in [3.63, 3.8) is 0 Å². The van der Waals surface area contributed by atoms with Gasteiger partial charge < -0.3 is 9.47 Å². The molecule has 0 saturated heterocycles. The number of fused-ring (bicyclic) bond motifs is 2. The van der Waals surface area contributed by atoms with Crippen molar-refractivity contribution in [3.05, 3.63) is 36.4 Å². The zero-order chi connectivity index (χ0) is 19.9. The van der Waals surface area contributed by atoms with E-state index in [1.54, 1.807) is 10.6 Å². The number of ether oxygens (including phenoxy) is 2. The van der Waals surface area contributed by atoms with Crippen LogP contribution in [0.15, 0.2) is 36.4 Å². The second-order valence-corrected chi connectivity index (χ2v) is 14.1. The Kier molecular flexibility index (Phi) is 5.51. The maximum absolute atomic E-state index is 6.29. The fourth-order valence-electron chi connectivity index (χ4n) is 6.07. The molecule has 4 aliphatic rings. The van der Waals surface area contributed by atoms with Gasteiger partial charge in [-0.05, 0) is 76.1 Å². The van der Waals surface area contributed by atoms with E-state index in [0.29, 0.717) is 0 Å². The molecular weight excluding hydrogens is 406 g/mol. The quantitative estimate of drug-likeness (QED) is 0.484. The Morgan fingerprint density at radius 3 is 1.43 bits per heavy atom. The largest absolute Gasteiger partial charge is 0.488 e. The van der Waals surface area contributed by atoms with E-state index >= 15 is 0 Å². The van der Waals surface area contributed by atoms with Crippen molar-refractivity contribution >= 4 is 26.5 Å². The van der Waals surface area contributed by atoms with Crippen molar-refractivity contribution in [1.82, 2.24) is 0 Å². The van der Waals surface area contributed by atoms with Crippen molar-refractivity contribution in [2.75, 3.05) is 12.7 Å². The van der Waals surface area contributed by atoms with E-state index in [-0.39, 0.29) is 15.8 Å². The van der Waals surface area contributed by atoms with E-state index in [2.05, 4.69) is 36.4 Å². The van der Waals surface area contributed by atoms with E-state index < -0.39 is 0 Å². The van der Waals surface area contributed by atoms with Crippen molar-refractivity contribution < 1.29 is 9.47 Å². The third-order valence-electron chi connectivity index (χ3n) is 7.61. The molecule has 158 valence electrons. The van der Waals surface area contributed by atoms with E-state index in [1.807, 2.05) is 0 Å². The number of hydrogen-bond donors (Lipinski definition) is 0. The number of hydrogen-bond acceptors (Lipinski definition) is 2. The Bertz CT molecular complexity index is 840. The van der Waals surface area contributed by atoms with Gasteiger partial charge in [0, 0.05) is 10.6 Å². The van der Waals surface area contributed by atoms with Crippen LogP contribution < -0.4 is 20.1 Å². The molecule has 0 amide bonds. The molecule has 2 aromatic rings. The minimum atomic E-state index is -0.215. The summed E-state index contributed by atoms with van der Waals surface area (Å²) in [5, 5.41) is 3.14. The summed E-state index contributed by atoms with van der Waals surface area (Å²) in [6, 6.07) is 13.6. The standard InChI is InChI=1S/C26H32O2P2/c1-3-9-19(10-4-1)29-17-27-23-15-7-13-21(25(23)29)22-14-8-16-24-26(22)30(18-28-24)20-11-5-2-6-12-20/h7-8,13-16,19-20H,1-6,9-12,17-18H2/t29-,30-/m1/s1. The second kappa shape index (κ2) is 8.44. The maximum atomic E-state index is 6.29. The summed E-state index contributed by atoms with van der Waals surface area (Å²) in [5.74, 6) is 2.34. The van der Waals surface area contributed by atoms with Gasteiger partial charge in [0.05, 0.1) is 0 Å². The Morgan fingerprint density at radius 1 is 0.567 bits per heavy atom.